The summed E-state index contributed by atoms with van der Waals surface area (Å²) in [6.07, 6.45) is 2.63. The number of fused-ring (bicyclic) bond motifs is 1. The van der Waals surface area contributed by atoms with Crippen LogP contribution in [-0.4, -0.2) is 65.7 Å². The number of halogens is 1. The lowest BCUT2D eigenvalue weighted by molar-refractivity contribution is -0.122. The third kappa shape index (κ3) is 5.63. The Bertz CT molecular complexity index is 1390. The van der Waals surface area contributed by atoms with Crippen molar-refractivity contribution in [2.24, 2.45) is 0 Å². The molecule has 2 aromatic carbocycles. The van der Waals surface area contributed by atoms with Crippen molar-refractivity contribution >= 4 is 34.4 Å². The van der Waals surface area contributed by atoms with Gasteiger partial charge in [-0.3, -0.25) is 9.69 Å². The Hall–Kier alpha value is -3.82. The SMILES string of the molecule is CNC(=O)COc1ccc(-c2nc3ncc(Cl)c(N[C@H]4CCN(Cc5ccccc5OC)C4)c3[nH]2)cc1. The summed E-state index contributed by atoms with van der Waals surface area (Å²) in [5.41, 5.74) is 4.21. The maximum Gasteiger partial charge on any atom is 0.257 e. The van der Waals surface area contributed by atoms with Crippen molar-refractivity contribution in [1.29, 1.82) is 0 Å². The molecule has 0 radical (unpaired) electrons. The summed E-state index contributed by atoms with van der Waals surface area (Å²) in [6, 6.07) is 15.8. The van der Waals surface area contributed by atoms with Gasteiger partial charge in [0.1, 0.15) is 22.8 Å². The average molecular weight is 521 g/mol. The summed E-state index contributed by atoms with van der Waals surface area (Å²) in [5.74, 6) is 2.00. The lowest BCUT2D eigenvalue weighted by Gasteiger charge is -2.19. The van der Waals surface area contributed by atoms with Gasteiger partial charge in [-0.05, 0) is 36.8 Å². The van der Waals surface area contributed by atoms with Gasteiger partial charge in [0.15, 0.2) is 12.3 Å². The maximum atomic E-state index is 11.4. The summed E-state index contributed by atoms with van der Waals surface area (Å²) in [7, 11) is 3.28. The van der Waals surface area contributed by atoms with Crippen molar-refractivity contribution in [3.63, 3.8) is 0 Å². The number of H-pyrrole nitrogens is 1. The first kappa shape index (κ1) is 24.9. The molecule has 0 unspecified atom stereocenters. The molecule has 1 aliphatic rings. The zero-order valence-corrected chi connectivity index (χ0v) is 21.5. The topological polar surface area (TPSA) is 104 Å². The van der Waals surface area contributed by atoms with E-state index in [2.05, 4.69) is 36.6 Å². The van der Waals surface area contributed by atoms with Gasteiger partial charge in [-0.2, -0.15) is 0 Å². The Labute approximate surface area is 220 Å². The number of aromatic nitrogens is 3. The van der Waals surface area contributed by atoms with Gasteiger partial charge in [-0.15, -0.1) is 0 Å². The molecule has 0 saturated carbocycles. The number of para-hydroxylation sites is 1. The van der Waals surface area contributed by atoms with Gasteiger partial charge >= 0.3 is 0 Å². The molecule has 3 heterocycles. The molecule has 4 aromatic rings. The van der Waals surface area contributed by atoms with E-state index in [9.17, 15) is 4.79 Å². The molecule has 10 heteroatoms. The molecule has 5 rings (SSSR count). The number of imidazole rings is 1. The molecule has 37 heavy (non-hydrogen) atoms. The Morgan fingerprint density at radius 2 is 2.03 bits per heavy atom. The van der Waals surface area contributed by atoms with Gasteiger partial charge < -0.3 is 25.1 Å². The third-order valence-corrected chi connectivity index (χ3v) is 6.74. The molecule has 1 fully saturated rings. The highest BCUT2D eigenvalue weighted by Crippen LogP contribution is 2.33. The molecule has 192 valence electrons. The number of likely N-dealkylation sites (tertiary alicyclic amines) is 1. The second kappa shape index (κ2) is 11.1. The number of methoxy groups -OCH3 is 1. The number of anilines is 1. The molecule has 0 spiro atoms. The number of hydrogen-bond donors (Lipinski definition) is 3. The number of hydrogen-bond acceptors (Lipinski definition) is 7. The van der Waals surface area contributed by atoms with Crippen LogP contribution < -0.4 is 20.1 Å². The van der Waals surface area contributed by atoms with E-state index in [1.807, 2.05) is 30.3 Å². The Morgan fingerprint density at radius 3 is 2.81 bits per heavy atom. The highest BCUT2D eigenvalue weighted by Gasteiger charge is 2.25. The fraction of sp³-hybridized carbons (Fsp3) is 0.296. The summed E-state index contributed by atoms with van der Waals surface area (Å²) in [5, 5.41) is 6.70. The number of nitrogens with one attached hydrogen (secondary N) is 3. The lowest BCUT2D eigenvalue weighted by Crippen LogP contribution is -2.26. The number of likely N-dealkylation sites (N-methyl/N-ethyl adjacent to an activating group) is 1. The minimum absolute atomic E-state index is 0.0323. The molecule has 3 N–H and O–H groups in total. The summed E-state index contributed by atoms with van der Waals surface area (Å²) in [6.45, 7) is 2.66. The number of rotatable bonds is 9. The maximum absolute atomic E-state index is 11.4. The van der Waals surface area contributed by atoms with Crippen LogP contribution in [0.15, 0.2) is 54.7 Å². The lowest BCUT2D eigenvalue weighted by atomic mass is 10.2. The normalized spacial score (nSPS) is 15.6. The molecule has 1 saturated heterocycles. The van der Waals surface area contributed by atoms with Crippen molar-refractivity contribution in [3.8, 4) is 22.9 Å². The van der Waals surface area contributed by atoms with Crippen LogP contribution in [0.5, 0.6) is 11.5 Å². The summed E-state index contributed by atoms with van der Waals surface area (Å²) >= 11 is 6.58. The first-order chi connectivity index (χ1) is 18.0. The van der Waals surface area contributed by atoms with E-state index in [-0.39, 0.29) is 18.6 Å². The van der Waals surface area contributed by atoms with Crippen LogP contribution in [-0.2, 0) is 11.3 Å². The van der Waals surface area contributed by atoms with Crippen molar-refractivity contribution in [3.05, 3.63) is 65.3 Å². The van der Waals surface area contributed by atoms with Gasteiger partial charge in [-0.25, -0.2) is 9.97 Å². The largest absolute Gasteiger partial charge is 0.496 e. The van der Waals surface area contributed by atoms with Crippen LogP contribution in [0.1, 0.15) is 12.0 Å². The minimum Gasteiger partial charge on any atom is -0.496 e. The van der Waals surface area contributed by atoms with Crippen LogP contribution in [0.3, 0.4) is 0 Å². The molecule has 9 nitrogen and oxygen atoms in total. The van der Waals surface area contributed by atoms with Crippen molar-refractivity contribution in [2.45, 2.75) is 19.0 Å². The Balaban J connectivity index is 1.29. The average Bonchev–Trinajstić information content (AvgIpc) is 3.56. The quantitative estimate of drug-likeness (QED) is 0.305. The van der Waals surface area contributed by atoms with Crippen LogP contribution in [0.4, 0.5) is 5.69 Å². The number of nitrogens with zero attached hydrogens (tertiary/aromatic N) is 3. The van der Waals surface area contributed by atoms with Gasteiger partial charge in [0.2, 0.25) is 0 Å². The predicted octanol–water partition coefficient (Wildman–Crippen LogP) is 4.10. The van der Waals surface area contributed by atoms with Crippen molar-refractivity contribution < 1.29 is 14.3 Å². The summed E-state index contributed by atoms with van der Waals surface area (Å²) in [4.78, 5) is 26.3. The van der Waals surface area contributed by atoms with Crippen molar-refractivity contribution in [1.82, 2.24) is 25.2 Å². The Kier molecular flexibility index (Phi) is 7.43. The van der Waals surface area contributed by atoms with E-state index in [0.29, 0.717) is 22.2 Å². The molecule has 0 aliphatic carbocycles. The number of aromatic amines is 1. The van der Waals surface area contributed by atoms with Crippen LogP contribution in [0, 0.1) is 0 Å². The fourth-order valence-electron chi connectivity index (χ4n) is 4.51. The molecule has 2 aromatic heterocycles. The number of benzene rings is 2. The molecule has 1 amide bonds. The van der Waals surface area contributed by atoms with Crippen LogP contribution >= 0.6 is 11.6 Å². The van der Waals surface area contributed by atoms with Crippen LogP contribution in [0.25, 0.3) is 22.6 Å². The van der Waals surface area contributed by atoms with E-state index in [4.69, 9.17) is 21.1 Å². The second-order valence-corrected chi connectivity index (χ2v) is 9.34. The highest BCUT2D eigenvalue weighted by atomic mass is 35.5. The number of pyridine rings is 1. The zero-order valence-electron chi connectivity index (χ0n) is 20.8. The molecule has 0 bridgehead atoms. The monoisotopic (exact) mass is 520 g/mol. The van der Waals surface area contributed by atoms with E-state index in [0.717, 1.165) is 48.6 Å². The number of carbonyl (C=O) groups is 1. The Morgan fingerprint density at radius 1 is 1.22 bits per heavy atom. The van der Waals surface area contributed by atoms with E-state index < -0.39 is 0 Å². The number of ether oxygens (including phenoxy) is 2. The van der Waals surface area contributed by atoms with Gasteiger partial charge in [0.05, 0.1) is 24.0 Å². The predicted molar refractivity (Wildman–Crippen MR) is 144 cm³/mol. The van der Waals surface area contributed by atoms with E-state index in [1.165, 1.54) is 5.56 Å². The molecular formula is C27H29ClN6O3. The number of amides is 1. The van der Waals surface area contributed by atoms with Gasteiger partial charge in [-0.1, -0.05) is 29.8 Å². The minimum atomic E-state index is -0.186. The standard InChI is InChI=1S/C27H29ClN6O3/c1-29-23(35)16-37-20-9-7-17(8-10-20)26-32-25-24(21(28)13-30-27(25)33-26)31-19-11-12-34(15-19)14-18-5-3-4-6-22(18)36-2/h3-10,13,19H,11-12,14-16H2,1-2H3,(H,29,35)(H2,30,31,32,33)/t19-/m0/s1. The molecule has 1 atom stereocenters. The molecular weight excluding hydrogens is 492 g/mol. The van der Waals surface area contributed by atoms with Gasteiger partial charge in [0, 0.05) is 43.9 Å². The fourth-order valence-corrected chi connectivity index (χ4v) is 4.71. The van der Waals surface area contributed by atoms with E-state index in [1.54, 1.807) is 32.5 Å². The number of carbonyl (C=O) groups excluding carboxylic acids is 1. The highest BCUT2D eigenvalue weighted by molar-refractivity contribution is 6.34. The van der Waals surface area contributed by atoms with Gasteiger partial charge in [0.25, 0.3) is 5.91 Å². The van der Waals surface area contributed by atoms with E-state index >= 15 is 0 Å². The smallest absolute Gasteiger partial charge is 0.257 e. The first-order valence-corrected chi connectivity index (χ1v) is 12.5. The summed E-state index contributed by atoms with van der Waals surface area (Å²) < 4.78 is 11.0. The van der Waals surface area contributed by atoms with Crippen molar-refractivity contribution in [2.75, 3.05) is 39.2 Å². The first-order valence-electron chi connectivity index (χ1n) is 12.1. The zero-order chi connectivity index (χ0) is 25.8. The van der Waals surface area contributed by atoms with Crippen LogP contribution in [0.2, 0.25) is 5.02 Å². The second-order valence-electron chi connectivity index (χ2n) is 8.93. The molecule has 1 aliphatic heterocycles. The third-order valence-electron chi connectivity index (χ3n) is 6.46.